The van der Waals surface area contributed by atoms with Gasteiger partial charge in [0.15, 0.2) is 4.80 Å². The molecule has 0 aliphatic carbocycles. The number of amides is 1. The minimum Gasteiger partial charge on any atom is -0.494 e. The van der Waals surface area contributed by atoms with Crippen LogP contribution in [-0.4, -0.2) is 36.9 Å². The number of hydrogen-bond acceptors (Lipinski definition) is 5. The van der Waals surface area contributed by atoms with Gasteiger partial charge in [0.1, 0.15) is 11.5 Å². The van der Waals surface area contributed by atoms with Gasteiger partial charge in [0.05, 0.1) is 29.5 Å². The zero-order valence-electron chi connectivity index (χ0n) is 17.2. The average Bonchev–Trinajstić information content (AvgIpc) is 3.02. The van der Waals surface area contributed by atoms with Gasteiger partial charge in [-0.15, -0.1) is 0 Å². The van der Waals surface area contributed by atoms with Crippen molar-refractivity contribution in [3.8, 4) is 11.5 Å². The minimum atomic E-state index is -0.288. The fourth-order valence-corrected chi connectivity index (χ4v) is 3.98. The number of thiazole rings is 1. The Morgan fingerprint density at radius 3 is 2.52 bits per heavy atom. The Morgan fingerprint density at radius 1 is 1.14 bits per heavy atom. The molecule has 0 aliphatic rings. The van der Waals surface area contributed by atoms with Crippen LogP contribution in [0.1, 0.15) is 31.1 Å². The summed E-state index contributed by atoms with van der Waals surface area (Å²) in [6.45, 7) is 7.62. The first-order valence-corrected chi connectivity index (χ1v) is 10.4. The molecule has 0 fully saturated rings. The number of carbonyl (C=O) groups excluding carboxylic acids is 1. The molecule has 3 aromatic rings. The Labute approximate surface area is 174 Å². The van der Waals surface area contributed by atoms with E-state index in [1.807, 2.05) is 43.5 Å². The normalized spacial score (nSPS) is 12.0. The topological polar surface area (TPSA) is 62.0 Å². The molecular weight excluding hydrogens is 388 g/mol. The Balaban J connectivity index is 1.97. The third kappa shape index (κ3) is 5.25. The largest absolute Gasteiger partial charge is 0.494 e. The molecule has 0 saturated carbocycles. The SMILES string of the molecule is CCOc1ccc2c(c1)sc(=NC(=O)c1ccc(OC(C)C)cc1)n2CCOC. The third-order valence-corrected chi connectivity index (χ3v) is 5.20. The van der Waals surface area contributed by atoms with Crippen LogP contribution in [0.3, 0.4) is 0 Å². The van der Waals surface area contributed by atoms with E-state index in [1.54, 1.807) is 31.4 Å². The van der Waals surface area contributed by atoms with Crippen molar-refractivity contribution >= 4 is 27.5 Å². The summed E-state index contributed by atoms with van der Waals surface area (Å²) in [6.07, 6.45) is 0.0844. The van der Waals surface area contributed by atoms with Gasteiger partial charge in [0.25, 0.3) is 5.91 Å². The average molecular weight is 415 g/mol. The summed E-state index contributed by atoms with van der Waals surface area (Å²) in [5, 5.41) is 0. The van der Waals surface area contributed by atoms with Crippen LogP contribution < -0.4 is 14.3 Å². The number of methoxy groups -OCH3 is 1. The Morgan fingerprint density at radius 2 is 1.86 bits per heavy atom. The van der Waals surface area contributed by atoms with Crippen molar-refractivity contribution in [1.82, 2.24) is 4.57 Å². The van der Waals surface area contributed by atoms with Gasteiger partial charge in [-0.3, -0.25) is 4.79 Å². The van der Waals surface area contributed by atoms with E-state index in [0.29, 0.717) is 30.1 Å². The van der Waals surface area contributed by atoms with Gasteiger partial charge in [-0.05, 0) is 63.2 Å². The lowest BCUT2D eigenvalue weighted by molar-refractivity contribution is 0.0997. The molecule has 0 radical (unpaired) electrons. The molecule has 1 aromatic heterocycles. The number of ether oxygens (including phenoxy) is 3. The maximum atomic E-state index is 12.7. The standard InChI is InChI=1S/C22H26N2O4S/c1-5-27-18-10-11-19-20(14-18)29-22(24(19)12-13-26-4)23-21(25)16-6-8-17(9-7-16)28-15(2)3/h6-11,14-15H,5,12-13H2,1-4H3. The zero-order valence-corrected chi connectivity index (χ0v) is 18.0. The molecule has 3 rings (SSSR count). The summed E-state index contributed by atoms with van der Waals surface area (Å²) < 4.78 is 19.5. The van der Waals surface area contributed by atoms with E-state index in [4.69, 9.17) is 14.2 Å². The predicted molar refractivity (Wildman–Crippen MR) is 115 cm³/mol. The van der Waals surface area contributed by atoms with E-state index < -0.39 is 0 Å². The summed E-state index contributed by atoms with van der Waals surface area (Å²) in [7, 11) is 1.66. The first-order chi connectivity index (χ1) is 14.0. The number of aromatic nitrogens is 1. The number of hydrogen-bond donors (Lipinski definition) is 0. The lowest BCUT2D eigenvalue weighted by Gasteiger charge is -2.09. The van der Waals surface area contributed by atoms with E-state index in [0.717, 1.165) is 21.7 Å². The van der Waals surface area contributed by atoms with Crippen LogP contribution in [0.25, 0.3) is 10.2 Å². The second kappa shape index (κ2) is 9.71. The van der Waals surface area contributed by atoms with E-state index in [9.17, 15) is 4.79 Å². The lowest BCUT2D eigenvalue weighted by atomic mass is 10.2. The van der Waals surface area contributed by atoms with Crippen molar-refractivity contribution in [3.05, 3.63) is 52.8 Å². The number of rotatable bonds is 8. The second-order valence-corrected chi connectivity index (χ2v) is 7.71. The van der Waals surface area contributed by atoms with Crippen molar-refractivity contribution in [2.75, 3.05) is 20.3 Å². The van der Waals surface area contributed by atoms with E-state index in [2.05, 4.69) is 4.99 Å². The number of fused-ring (bicyclic) bond motifs is 1. The summed E-state index contributed by atoms with van der Waals surface area (Å²) in [5.74, 6) is 1.25. The molecule has 29 heavy (non-hydrogen) atoms. The summed E-state index contributed by atoms with van der Waals surface area (Å²) in [6, 6.07) is 13.0. The van der Waals surface area contributed by atoms with Crippen molar-refractivity contribution in [3.63, 3.8) is 0 Å². The maximum Gasteiger partial charge on any atom is 0.279 e. The van der Waals surface area contributed by atoms with Gasteiger partial charge >= 0.3 is 0 Å². The van der Waals surface area contributed by atoms with E-state index in [1.165, 1.54) is 11.3 Å². The molecule has 0 aliphatic heterocycles. The molecule has 0 bridgehead atoms. The Bertz CT molecular complexity index is 1040. The van der Waals surface area contributed by atoms with Crippen LogP contribution >= 0.6 is 11.3 Å². The van der Waals surface area contributed by atoms with Gasteiger partial charge < -0.3 is 18.8 Å². The summed E-state index contributed by atoms with van der Waals surface area (Å²) in [5.41, 5.74) is 1.52. The van der Waals surface area contributed by atoms with E-state index >= 15 is 0 Å². The van der Waals surface area contributed by atoms with Gasteiger partial charge in [-0.25, -0.2) is 0 Å². The highest BCUT2D eigenvalue weighted by Crippen LogP contribution is 2.23. The quantitative estimate of drug-likeness (QED) is 0.552. The fraction of sp³-hybridized carbons (Fsp3) is 0.364. The molecule has 7 heteroatoms. The van der Waals surface area contributed by atoms with Crippen LogP contribution in [0.15, 0.2) is 47.5 Å². The highest BCUT2D eigenvalue weighted by molar-refractivity contribution is 7.16. The molecule has 0 saturated heterocycles. The zero-order chi connectivity index (χ0) is 20.8. The second-order valence-electron chi connectivity index (χ2n) is 6.70. The predicted octanol–water partition coefficient (Wildman–Crippen LogP) is 4.28. The van der Waals surface area contributed by atoms with Crippen molar-refractivity contribution < 1.29 is 19.0 Å². The highest BCUT2D eigenvalue weighted by atomic mass is 32.1. The number of benzene rings is 2. The summed E-state index contributed by atoms with van der Waals surface area (Å²) >= 11 is 1.46. The summed E-state index contributed by atoms with van der Waals surface area (Å²) in [4.78, 5) is 17.8. The van der Waals surface area contributed by atoms with Crippen LogP contribution in [0.2, 0.25) is 0 Å². The molecule has 0 atom stereocenters. The number of carbonyl (C=O) groups is 1. The fourth-order valence-electron chi connectivity index (χ4n) is 2.89. The third-order valence-electron chi connectivity index (χ3n) is 4.15. The van der Waals surface area contributed by atoms with Crippen molar-refractivity contribution in [1.29, 1.82) is 0 Å². The van der Waals surface area contributed by atoms with Gasteiger partial charge in [-0.2, -0.15) is 4.99 Å². The molecule has 0 unspecified atom stereocenters. The monoisotopic (exact) mass is 414 g/mol. The van der Waals surface area contributed by atoms with E-state index in [-0.39, 0.29) is 12.0 Å². The van der Waals surface area contributed by atoms with Gasteiger partial charge in [0.2, 0.25) is 0 Å². The first-order valence-electron chi connectivity index (χ1n) is 9.62. The minimum absolute atomic E-state index is 0.0844. The van der Waals surface area contributed by atoms with Crippen molar-refractivity contribution in [2.24, 2.45) is 4.99 Å². The first kappa shape index (κ1) is 21.1. The molecule has 1 amide bonds. The van der Waals surface area contributed by atoms with Crippen LogP contribution in [0, 0.1) is 0 Å². The van der Waals surface area contributed by atoms with Crippen LogP contribution in [0.4, 0.5) is 0 Å². The highest BCUT2D eigenvalue weighted by Gasteiger charge is 2.11. The van der Waals surface area contributed by atoms with Crippen LogP contribution in [0.5, 0.6) is 11.5 Å². The Hall–Kier alpha value is -2.64. The number of nitrogens with zero attached hydrogens (tertiary/aromatic N) is 2. The molecule has 2 aromatic carbocycles. The van der Waals surface area contributed by atoms with Crippen LogP contribution in [-0.2, 0) is 11.3 Å². The maximum absolute atomic E-state index is 12.7. The molecule has 6 nitrogen and oxygen atoms in total. The smallest absolute Gasteiger partial charge is 0.279 e. The van der Waals surface area contributed by atoms with Gasteiger partial charge in [-0.1, -0.05) is 11.3 Å². The van der Waals surface area contributed by atoms with Gasteiger partial charge in [0, 0.05) is 19.2 Å². The molecule has 0 N–H and O–H groups in total. The van der Waals surface area contributed by atoms with Crippen molar-refractivity contribution in [2.45, 2.75) is 33.4 Å². The lowest BCUT2D eigenvalue weighted by Crippen LogP contribution is -2.19. The molecular formula is C22H26N2O4S. The molecule has 1 heterocycles. The molecule has 154 valence electrons. The molecule has 0 spiro atoms. The Kier molecular flexibility index (Phi) is 7.06.